The van der Waals surface area contributed by atoms with Crippen molar-refractivity contribution in [1.29, 1.82) is 0 Å². The van der Waals surface area contributed by atoms with Gasteiger partial charge in [0.1, 0.15) is 5.75 Å². The van der Waals surface area contributed by atoms with Crippen LogP contribution in [0.1, 0.15) is 36.1 Å². The van der Waals surface area contributed by atoms with Crippen LogP contribution in [0.15, 0.2) is 12.1 Å². The number of methoxy groups -OCH3 is 1. The zero-order valence-electron chi connectivity index (χ0n) is 12.2. The Balaban J connectivity index is 2.42. The van der Waals surface area contributed by atoms with Crippen molar-refractivity contribution >= 4 is 0 Å². The van der Waals surface area contributed by atoms with E-state index in [1.54, 1.807) is 7.11 Å². The summed E-state index contributed by atoms with van der Waals surface area (Å²) in [5.74, 6) is 7.16. The van der Waals surface area contributed by atoms with Crippen LogP contribution in [0.25, 0.3) is 0 Å². The molecule has 19 heavy (non-hydrogen) atoms. The fourth-order valence-electron chi connectivity index (χ4n) is 2.99. The number of aryl methyl sites for hydroxylation is 2. The van der Waals surface area contributed by atoms with E-state index < -0.39 is 0 Å². The predicted octanol–water partition coefficient (Wildman–Crippen LogP) is 2.24. The Labute approximate surface area is 115 Å². The Hall–Kier alpha value is -1.10. The van der Waals surface area contributed by atoms with E-state index >= 15 is 0 Å². The summed E-state index contributed by atoms with van der Waals surface area (Å²) in [7, 11) is 1.70. The summed E-state index contributed by atoms with van der Waals surface area (Å²) in [6, 6.07) is 4.17. The van der Waals surface area contributed by atoms with Crippen molar-refractivity contribution in [3.05, 3.63) is 28.8 Å². The standard InChI is InChI=1S/C15H24N2O2/c1-9-7-11(3)13(12(8-9)18-4)14(17-16)15-10(2)5-6-19-15/h7-8,10,14-15,17H,5-6,16H2,1-4H3. The third-order valence-electron chi connectivity index (χ3n) is 3.98. The highest BCUT2D eigenvalue weighted by molar-refractivity contribution is 5.45. The van der Waals surface area contributed by atoms with Crippen LogP contribution >= 0.6 is 0 Å². The van der Waals surface area contributed by atoms with Crippen molar-refractivity contribution in [2.75, 3.05) is 13.7 Å². The van der Waals surface area contributed by atoms with Gasteiger partial charge in [0, 0.05) is 12.2 Å². The van der Waals surface area contributed by atoms with Gasteiger partial charge in [-0.1, -0.05) is 13.0 Å². The number of hydrogen-bond acceptors (Lipinski definition) is 4. The number of hydrazine groups is 1. The Bertz CT molecular complexity index is 448. The average Bonchev–Trinajstić information content (AvgIpc) is 2.78. The van der Waals surface area contributed by atoms with Gasteiger partial charge in [0.05, 0.1) is 19.3 Å². The number of nitrogens with one attached hydrogen (secondary N) is 1. The van der Waals surface area contributed by atoms with Gasteiger partial charge in [-0.05, 0) is 43.4 Å². The summed E-state index contributed by atoms with van der Waals surface area (Å²) in [6.07, 6.45) is 1.18. The highest BCUT2D eigenvalue weighted by atomic mass is 16.5. The average molecular weight is 264 g/mol. The molecule has 3 atom stereocenters. The minimum atomic E-state index is -0.0342. The van der Waals surface area contributed by atoms with E-state index in [9.17, 15) is 0 Å². The lowest BCUT2D eigenvalue weighted by molar-refractivity contribution is 0.0597. The largest absolute Gasteiger partial charge is 0.496 e. The first kappa shape index (κ1) is 14.3. The molecule has 4 nitrogen and oxygen atoms in total. The Morgan fingerprint density at radius 1 is 1.42 bits per heavy atom. The first-order valence-corrected chi connectivity index (χ1v) is 6.81. The topological polar surface area (TPSA) is 56.5 Å². The number of nitrogens with two attached hydrogens (primary N) is 1. The molecule has 3 N–H and O–H groups in total. The summed E-state index contributed by atoms with van der Waals surface area (Å²) in [6.45, 7) is 7.17. The molecule has 1 aromatic carbocycles. The molecule has 0 bridgehead atoms. The number of rotatable bonds is 4. The highest BCUT2D eigenvalue weighted by Crippen LogP contribution is 2.37. The Morgan fingerprint density at radius 2 is 2.16 bits per heavy atom. The maximum Gasteiger partial charge on any atom is 0.124 e. The fraction of sp³-hybridized carbons (Fsp3) is 0.600. The minimum Gasteiger partial charge on any atom is -0.496 e. The van der Waals surface area contributed by atoms with Crippen LogP contribution in [0.4, 0.5) is 0 Å². The maximum absolute atomic E-state index is 5.86. The van der Waals surface area contributed by atoms with E-state index in [0.717, 1.165) is 24.3 Å². The first-order chi connectivity index (χ1) is 9.08. The minimum absolute atomic E-state index is 0.0342. The van der Waals surface area contributed by atoms with Crippen LogP contribution in [0.2, 0.25) is 0 Å². The van der Waals surface area contributed by atoms with Crippen LogP contribution in [0.5, 0.6) is 5.75 Å². The SMILES string of the molecule is COc1cc(C)cc(C)c1C(NN)C1OCCC1C. The van der Waals surface area contributed by atoms with E-state index in [2.05, 4.69) is 32.3 Å². The second-order valence-electron chi connectivity index (χ2n) is 5.44. The molecule has 0 amide bonds. The number of benzene rings is 1. The number of ether oxygens (including phenoxy) is 2. The molecule has 0 aromatic heterocycles. The summed E-state index contributed by atoms with van der Waals surface area (Å²) >= 11 is 0. The molecule has 0 saturated carbocycles. The molecule has 1 aromatic rings. The van der Waals surface area contributed by atoms with Crippen molar-refractivity contribution in [2.24, 2.45) is 11.8 Å². The molecule has 1 saturated heterocycles. The second kappa shape index (κ2) is 5.90. The molecule has 0 radical (unpaired) electrons. The first-order valence-electron chi connectivity index (χ1n) is 6.81. The van der Waals surface area contributed by atoms with Gasteiger partial charge in [0.2, 0.25) is 0 Å². The molecule has 2 rings (SSSR count). The van der Waals surface area contributed by atoms with Gasteiger partial charge < -0.3 is 9.47 Å². The van der Waals surface area contributed by atoms with Gasteiger partial charge in [-0.15, -0.1) is 0 Å². The number of hydrogen-bond donors (Lipinski definition) is 2. The molecule has 0 spiro atoms. The van der Waals surface area contributed by atoms with E-state index in [1.807, 2.05) is 6.07 Å². The van der Waals surface area contributed by atoms with E-state index in [-0.39, 0.29) is 12.1 Å². The molecule has 1 fully saturated rings. The van der Waals surface area contributed by atoms with Crippen molar-refractivity contribution < 1.29 is 9.47 Å². The van der Waals surface area contributed by atoms with Crippen molar-refractivity contribution in [2.45, 2.75) is 39.3 Å². The van der Waals surface area contributed by atoms with E-state index in [4.69, 9.17) is 15.3 Å². The smallest absolute Gasteiger partial charge is 0.124 e. The summed E-state index contributed by atoms with van der Waals surface area (Å²) in [5, 5.41) is 0. The van der Waals surface area contributed by atoms with Crippen LogP contribution in [0, 0.1) is 19.8 Å². The van der Waals surface area contributed by atoms with Gasteiger partial charge in [-0.25, -0.2) is 0 Å². The summed E-state index contributed by atoms with van der Waals surface area (Å²) in [5.41, 5.74) is 6.40. The lowest BCUT2D eigenvalue weighted by atomic mass is 9.89. The third kappa shape index (κ3) is 2.76. The van der Waals surface area contributed by atoms with Crippen LogP contribution in [-0.4, -0.2) is 19.8 Å². The summed E-state index contributed by atoms with van der Waals surface area (Å²) < 4.78 is 11.4. The zero-order valence-corrected chi connectivity index (χ0v) is 12.2. The summed E-state index contributed by atoms with van der Waals surface area (Å²) in [4.78, 5) is 0. The monoisotopic (exact) mass is 264 g/mol. The normalized spacial score (nSPS) is 24.5. The quantitative estimate of drug-likeness (QED) is 0.647. The van der Waals surface area contributed by atoms with Gasteiger partial charge in [-0.3, -0.25) is 11.3 Å². The molecular formula is C15H24N2O2. The zero-order chi connectivity index (χ0) is 14.0. The molecule has 0 aliphatic carbocycles. The fourth-order valence-corrected chi connectivity index (χ4v) is 2.99. The van der Waals surface area contributed by atoms with Crippen LogP contribution < -0.4 is 16.0 Å². The van der Waals surface area contributed by atoms with Crippen molar-refractivity contribution in [3.63, 3.8) is 0 Å². The second-order valence-corrected chi connectivity index (χ2v) is 5.44. The third-order valence-corrected chi connectivity index (χ3v) is 3.98. The Kier molecular flexibility index (Phi) is 4.45. The molecule has 4 heteroatoms. The van der Waals surface area contributed by atoms with Gasteiger partial charge >= 0.3 is 0 Å². The predicted molar refractivity (Wildman–Crippen MR) is 76.1 cm³/mol. The van der Waals surface area contributed by atoms with Gasteiger partial charge in [-0.2, -0.15) is 0 Å². The molecule has 1 aliphatic rings. The highest BCUT2D eigenvalue weighted by Gasteiger charge is 2.34. The maximum atomic E-state index is 5.86. The molecule has 3 unspecified atom stereocenters. The van der Waals surface area contributed by atoms with Crippen molar-refractivity contribution in [1.82, 2.24) is 5.43 Å². The van der Waals surface area contributed by atoms with Crippen LogP contribution in [0.3, 0.4) is 0 Å². The molecule has 1 heterocycles. The molecule has 106 valence electrons. The van der Waals surface area contributed by atoms with Crippen LogP contribution in [-0.2, 0) is 4.74 Å². The van der Waals surface area contributed by atoms with Crippen molar-refractivity contribution in [3.8, 4) is 5.75 Å². The van der Waals surface area contributed by atoms with Gasteiger partial charge in [0.15, 0.2) is 0 Å². The molecule has 1 aliphatic heterocycles. The molecular weight excluding hydrogens is 240 g/mol. The Morgan fingerprint density at radius 3 is 2.68 bits per heavy atom. The lowest BCUT2D eigenvalue weighted by Crippen LogP contribution is -2.39. The van der Waals surface area contributed by atoms with Gasteiger partial charge in [0.25, 0.3) is 0 Å². The van der Waals surface area contributed by atoms with E-state index in [0.29, 0.717) is 5.92 Å². The van der Waals surface area contributed by atoms with E-state index in [1.165, 1.54) is 11.1 Å². The lowest BCUT2D eigenvalue weighted by Gasteiger charge is -2.28.